The van der Waals surface area contributed by atoms with Gasteiger partial charge in [0, 0.05) is 19.4 Å². The first-order valence-corrected chi connectivity index (χ1v) is 6.36. The van der Waals surface area contributed by atoms with Gasteiger partial charge in [-0.15, -0.1) is 11.8 Å². The van der Waals surface area contributed by atoms with Crippen LogP contribution in [-0.2, 0) is 6.18 Å². The molecule has 0 aliphatic heterocycles. The molecule has 0 amide bonds. The first kappa shape index (κ1) is 15.1. The van der Waals surface area contributed by atoms with Crippen LogP contribution in [0.2, 0.25) is 0 Å². The van der Waals surface area contributed by atoms with Crippen LogP contribution < -0.4 is 5.32 Å². The third kappa shape index (κ3) is 4.38. The molecule has 0 bridgehead atoms. The third-order valence-electron chi connectivity index (χ3n) is 2.21. The summed E-state index contributed by atoms with van der Waals surface area (Å²) in [4.78, 5) is 4.04. The van der Waals surface area contributed by atoms with Crippen molar-refractivity contribution in [2.24, 2.45) is 5.92 Å². The minimum absolute atomic E-state index is 0.00481. The van der Waals surface area contributed by atoms with Crippen molar-refractivity contribution in [2.75, 3.05) is 24.7 Å². The summed E-state index contributed by atoms with van der Waals surface area (Å²) >= 11 is 1.20. The lowest BCUT2D eigenvalue weighted by Crippen LogP contribution is -2.08. The van der Waals surface area contributed by atoms with Gasteiger partial charge in [0.25, 0.3) is 0 Å². The molecule has 1 atom stereocenters. The Hall–Kier alpha value is -0.950. The smallest absolute Gasteiger partial charge is 0.396 e. The van der Waals surface area contributed by atoms with Crippen molar-refractivity contribution in [3.63, 3.8) is 0 Å². The van der Waals surface area contributed by atoms with Gasteiger partial charge in [0.1, 0.15) is 5.82 Å². The summed E-state index contributed by atoms with van der Waals surface area (Å²) < 4.78 is 37.9. The Balaban J connectivity index is 2.91. The maximum Gasteiger partial charge on any atom is 0.416 e. The maximum atomic E-state index is 12.6. The molecular weight excluding hydrogens is 265 g/mol. The lowest BCUT2D eigenvalue weighted by molar-refractivity contribution is -0.137. The minimum atomic E-state index is -4.38. The summed E-state index contributed by atoms with van der Waals surface area (Å²) in [6, 6.07) is 2.00. The molecule has 0 radical (unpaired) electrons. The number of aliphatic hydroxyl groups is 1. The number of anilines is 1. The highest BCUT2D eigenvalue weighted by molar-refractivity contribution is 7.99. The zero-order valence-electron chi connectivity index (χ0n) is 10.1. The Morgan fingerprint density at radius 1 is 1.44 bits per heavy atom. The topological polar surface area (TPSA) is 45.1 Å². The lowest BCUT2D eigenvalue weighted by atomic mass is 10.2. The normalized spacial score (nSPS) is 13.4. The third-order valence-corrected chi connectivity index (χ3v) is 3.45. The molecule has 1 heterocycles. The van der Waals surface area contributed by atoms with E-state index in [0.29, 0.717) is 10.8 Å². The van der Waals surface area contributed by atoms with Crippen LogP contribution in [0.25, 0.3) is 0 Å². The molecule has 1 aromatic rings. The average Bonchev–Trinajstić information content (AvgIpc) is 2.34. The number of thioether (sulfide) groups is 1. The SMILES string of the molecule is CNc1cc(C(F)(F)F)cc(SCC(C)CO)n1. The van der Waals surface area contributed by atoms with Crippen molar-refractivity contribution in [3.8, 4) is 0 Å². The number of hydrogen-bond donors (Lipinski definition) is 2. The highest BCUT2D eigenvalue weighted by Crippen LogP contribution is 2.33. The van der Waals surface area contributed by atoms with Gasteiger partial charge in [0.05, 0.1) is 10.6 Å². The zero-order valence-corrected chi connectivity index (χ0v) is 10.9. The lowest BCUT2D eigenvalue weighted by Gasteiger charge is -2.12. The molecule has 1 unspecified atom stereocenters. The van der Waals surface area contributed by atoms with Crippen molar-refractivity contribution in [2.45, 2.75) is 18.1 Å². The predicted molar refractivity (Wildman–Crippen MR) is 65.8 cm³/mol. The number of pyridine rings is 1. The molecule has 0 aliphatic carbocycles. The standard InChI is InChI=1S/C11H15F3N2OS/c1-7(5-17)6-18-10-4-8(11(12,13)14)3-9(15-2)16-10/h3-4,7,17H,5-6H2,1-2H3,(H,15,16). The van der Waals surface area contributed by atoms with E-state index < -0.39 is 11.7 Å². The molecule has 0 aliphatic rings. The van der Waals surface area contributed by atoms with E-state index in [9.17, 15) is 13.2 Å². The van der Waals surface area contributed by atoms with Crippen molar-refractivity contribution < 1.29 is 18.3 Å². The van der Waals surface area contributed by atoms with Crippen molar-refractivity contribution in [1.82, 2.24) is 4.98 Å². The molecule has 7 heteroatoms. The second-order valence-corrected chi connectivity index (χ2v) is 4.97. The monoisotopic (exact) mass is 280 g/mol. The summed E-state index contributed by atoms with van der Waals surface area (Å²) in [6.45, 7) is 1.82. The fourth-order valence-electron chi connectivity index (χ4n) is 1.15. The number of nitrogens with one attached hydrogen (secondary N) is 1. The molecule has 3 nitrogen and oxygen atoms in total. The van der Waals surface area contributed by atoms with Gasteiger partial charge < -0.3 is 10.4 Å². The van der Waals surface area contributed by atoms with Crippen LogP contribution in [0.1, 0.15) is 12.5 Å². The Bertz CT molecular complexity index is 398. The molecule has 0 saturated heterocycles. The van der Waals surface area contributed by atoms with E-state index in [1.54, 1.807) is 0 Å². The van der Waals surface area contributed by atoms with Crippen LogP contribution in [0, 0.1) is 5.92 Å². The Morgan fingerprint density at radius 2 is 2.11 bits per heavy atom. The highest BCUT2D eigenvalue weighted by atomic mass is 32.2. The number of halogens is 3. The Kier molecular flexibility index (Phi) is 5.28. The molecule has 1 rings (SSSR count). The van der Waals surface area contributed by atoms with Crippen molar-refractivity contribution >= 4 is 17.6 Å². The fourth-order valence-corrected chi connectivity index (χ4v) is 2.09. The average molecular weight is 280 g/mol. The van der Waals surface area contributed by atoms with Gasteiger partial charge >= 0.3 is 6.18 Å². The minimum Gasteiger partial charge on any atom is -0.396 e. The van der Waals surface area contributed by atoms with Gasteiger partial charge in [0.2, 0.25) is 0 Å². The van der Waals surface area contributed by atoms with E-state index in [2.05, 4.69) is 10.3 Å². The molecule has 102 valence electrons. The molecule has 0 fully saturated rings. The van der Waals surface area contributed by atoms with Crippen molar-refractivity contribution in [3.05, 3.63) is 17.7 Å². The van der Waals surface area contributed by atoms with Gasteiger partial charge in [-0.3, -0.25) is 0 Å². The summed E-state index contributed by atoms with van der Waals surface area (Å²) in [6.07, 6.45) is -4.38. The van der Waals surface area contributed by atoms with Gasteiger partial charge in [-0.25, -0.2) is 4.98 Å². The highest BCUT2D eigenvalue weighted by Gasteiger charge is 2.31. The van der Waals surface area contributed by atoms with E-state index in [-0.39, 0.29) is 18.3 Å². The van der Waals surface area contributed by atoms with Gasteiger partial charge in [0.15, 0.2) is 0 Å². The summed E-state index contributed by atoms with van der Waals surface area (Å²) in [5.74, 6) is 0.724. The largest absolute Gasteiger partial charge is 0.416 e. The molecule has 0 saturated carbocycles. The summed E-state index contributed by atoms with van der Waals surface area (Å²) in [5, 5.41) is 11.8. The van der Waals surface area contributed by atoms with Crippen LogP contribution in [0.4, 0.5) is 19.0 Å². The molecule has 2 N–H and O–H groups in total. The summed E-state index contributed by atoms with van der Waals surface area (Å²) in [7, 11) is 1.52. The maximum absolute atomic E-state index is 12.6. The van der Waals surface area contributed by atoms with E-state index in [0.717, 1.165) is 12.1 Å². The molecule has 1 aromatic heterocycles. The summed E-state index contributed by atoms with van der Waals surface area (Å²) in [5.41, 5.74) is -0.721. The van der Waals surface area contributed by atoms with Gasteiger partial charge in [-0.1, -0.05) is 6.92 Å². The number of aromatic nitrogens is 1. The van der Waals surface area contributed by atoms with Crippen LogP contribution >= 0.6 is 11.8 Å². The second-order valence-electron chi connectivity index (χ2n) is 3.93. The number of hydrogen-bond acceptors (Lipinski definition) is 4. The predicted octanol–water partition coefficient (Wildman–Crippen LogP) is 2.86. The molecular formula is C11H15F3N2OS. The second kappa shape index (κ2) is 6.29. The van der Waals surface area contributed by atoms with E-state index >= 15 is 0 Å². The van der Waals surface area contributed by atoms with Crippen LogP contribution in [-0.4, -0.2) is 29.5 Å². The quantitative estimate of drug-likeness (QED) is 0.814. The van der Waals surface area contributed by atoms with Crippen LogP contribution in [0.3, 0.4) is 0 Å². The number of nitrogens with zero attached hydrogens (tertiary/aromatic N) is 1. The number of alkyl halides is 3. The molecule has 18 heavy (non-hydrogen) atoms. The first-order chi connectivity index (χ1) is 8.36. The van der Waals surface area contributed by atoms with Crippen molar-refractivity contribution in [1.29, 1.82) is 0 Å². The number of aliphatic hydroxyl groups excluding tert-OH is 1. The number of rotatable bonds is 5. The Labute approximate surface area is 108 Å². The van der Waals surface area contributed by atoms with E-state index in [1.807, 2.05) is 6.92 Å². The zero-order chi connectivity index (χ0) is 13.8. The van der Waals surface area contributed by atoms with Gasteiger partial charge in [-0.2, -0.15) is 13.2 Å². The van der Waals surface area contributed by atoms with Crippen LogP contribution in [0.15, 0.2) is 17.2 Å². The Morgan fingerprint density at radius 3 is 2.61 bits per heavy atom. The van der Waals surface area contributed by atoms with E-state index in [4.69, 9.17) is 5.11 Å². The van der Waals surface area contributed by atoms with Gasteiger partial charge in [-0.05, 0) is 18.1 Å². The first-order valence-electron chi connectivity index (χ1n) is 5.37. The molecule has 0 spiro atoms. The fraction of sp³-hybridized carbons (Fsp3) is 0.545. The molecule has 0 aromatic carbocycles. The van der Waals surface area contributed by atoms with Crippen LogP contribution in [0.5, 0.6) is 0 Å². The van der Waals surface area contributed by atoms with E-state index in [1.165, 1.54) is 18.8 Å².